The highest BCUT2D eigenvalue weighted by Gasteiger charge is 2.08. The minimum absolute atomic E-state index is 0.0832. The van der Waals surface area contributed by atoms with E-state index in [2.05, 4.69) is 4.74 Å². The van der Waals surface area contributed by atoms with Crippen molar-refractivity contribution >= 4 is 23.5 Å². The van der Waals surface area contributed by atoms with Crippen molar-refractivity contribution in [3.63, 3.8) is 0 Å². The fourth-order valence-corrected chi connectivity index (χ4v) is 1.41. The first-order valence-corrected chi connectivity index (χ1v) is 4.92. The number of carbonyl (C=O) groups is 2. The van der Waals surface area contributed by atoms with E-state index in [9.17, 15) is 9.59 Å². The Bertz CT molecular complexity index is 414. The molecule has 16 heavy (non-hydrogen) atoms. The van der Waals surface area contributed by atoms with E-state index in [0.717, 1.165) is 0 Å². The lowest BCUT2D eigenvalue weighted by Gasteiger charge is -2.05. The summed E-state index contributed by atoms with van der Waals surface area (Å²) >= 11 is 5.82. The number of methoxy groups -OCH3 is 1. The van der Waals surface area contributed by atoms with Gasteiger partial charge in [-0.15, -0.1) is 0 Å². The normalized spacial score (nSPS) is 9.69. The molecule has 1 aromatic carbocycles. The summed E-state index contributed by atoms with van der Waals surface area (Å²) in [5, 5.41) is 0.394. The van der Waals surface area contributed by atoms with Crippen LogP contribution in [0.4, 0.5) is 0 Å². The van der Waals surface area contributed by atoms with Crippen molar-refractivity contribution in [1.82, 2.24) is 0 Å². The Morgan fingerprint density at radius 1 is 1.31 bits per heavy atom. The monoisotopic (exact) mass is 242 g/mol. The maximum Gasteiger partial charge on any atom is 0.337 e. The molecule has 0 aromatic heterocycles. The summed E-state index contributed by atoms with van der Waals surface area (Å²) in [4.78, 5) is 21.9. The van der Waals surface area contributed by atoms with Crippen molar-refractivity contribution in [3.8, 4) is 0 Å². The molecule has 86 valence electrons. The van der Waals surface area contributed by atoms with Gasteiger partial charge >= 0.3 is 11.9 Å². The van der Waals surface area contributed by atoms with Crippen molar-refractivity contribution in [3.05, 3.63) is 34.3 Å². The summed E-state index contributed by atoms with van der Waals surface area (Å²) < 4.78 is 9.37. The number of carbonyl (C=O) groups excluding carboxylic acids is 2. The van der Waals surface area contributed by atoms with E-state index < -0.39 is 5.97 Å². The zero-order valence-corrected chi connectivity index (χ0v) is 9.71. The fraction of sp³-hybridized carbons (Fsp3) is 0.273. The van der Waals surface area contributed by atoms with E-state index in [1.165, 1.54) is 20.1 Å². The van der Waals surface area contributed by atoms with Crippen LogP contribution in [-0.4, -0.2) is 19.0 Å². The van der Waals surface area contributed by atoms with E-state index in [4.69, 9.17) is 16.3 Å². The summed E-state index contributed by atoms with van der Waals surface area (Å²) in [6.07, 6.45) is 0. The van der Waals surface area contributed by atoms with Crippen molar-refractivity contribution in [2.45, 2.75) is 13.5 Å². The van der Waals surface area contributed by atoms with E-state index in [0.29, 0.717) is 16.1 Å². The quantitative estimate of drug-likeness (QED) is 0.763. The molecule has 0 saturated heterocycles. The van der Waals surface area contributed by atoms with Crippen LogP contribution in [0.15, 0.2) is 18.2 Å². The fourth-order valence-electron chi connectivity index (χ4n) is 1.15. The van der Waals surface area contributed by atoms with E-state index in [1.807, 2.05) is 0 Å². The third-order valence-electron chi connectivity index (χ3n) is 1.82. The molecule has 0 atom stereocenters. The number of ether oxygens (including phenoxy) is 2. The SMILES string of the molecule is COC(=O)c1cc(Cl)cc(COC(C)=O)c1. The Kier molecular flexibility index (Phi) is 4.31. The van der Waals surface area contributed by atoms with Gasteiger partial charge in [0.25, 0.3) is 0 Å². The Labute approximate surface area is 98.1 Å². The molecule has 0 radical (unpaired) electrons. The summed E-state index contributed by atoms with van der Waals surface area (Å²) in [5.74, 6) is -0.869. The average molecular weight is 243 g/mol. The van der Waals surface area contributed by atoms with Crippen LogP contribution < -0.4 is 0 Å². The minimum Gasteiger partial charge on any atom is -0.465 e. The first-order valence-electron chi connectivity index (χ1n) is 4.54. The van der Waals surface area contributed by atoms with Crippen LogP contribution in [0, 0.1) is 0 Å². The van der Waals surface area contributed by atoms with Crippen LogP contribution in [0.25, 0.3) is 0 Å². The van der Waals surface area contributed by atoms with Gasteiger partial charge in [-0.05, 0) is 23.8 Å². The Hall–Kier alpha value is -1.55. The molecule has 1 rings (SSSR count). The average Bonchev–Trinajstić information content (AvgIpc) is 2.24. The molecule has 0 heterocycles. The minimum atomic E-state index is -0.480. The molecule has 1 aromatic rings. The Morgan fingerprint density at radius 2 is 2.00 bits per heavy atom. The van der Waals surface area contributed by atoms with E-state index in [1.54, 1.807) is 12.1 Å². The third kappa shape index (κ3) is 3.55. The number of benzene rings is 1. The predicted molar refractivity (Wildman–Crippen MR) is 58.3 cm³/mol. The lowest BCUT2D eigenvalue weighted by atomic mass is 10.1. The molecule has 0 N–H and O–H groups in total. The predicted octanol–water partition coefficient (Wildman–Crippen LogP) is 2.19. The summed E-state index contributed by atoms with van der Waals surface area (Å²) in [7, 11) is 1.29. The van der Waals surface area contributed by atoms with Crippen LogP contribution >= 0.6 is 11.6 Å². The Morgan fingerprint density at radius 3 is 2.56 bits per heavy atom. The number of hydrogen-bond donors (Lipinski definition) is 0. The highest BCUT2D eigenvalue weighted by atomic mass is 35.5. The number of halogens is 1. The standard InChI is InChI=1S/C11H11ClO4/c1-7(13)16-6-8-3-9(11(14)15-2)5-10(12)4-8/h3-5H,6H2,1-2H3. The first-order chi connectivity index (χ1) is 7.52. The first kappa shape index (κ1) is 12.5. The molecule has 0 amide bonds. The van der Waals surface area contributed by atoms with Gasteiger partial charge in [0.2, 0.25) is 0 Å². The van der Waals surface area contributed by atoms with Gasteiger partial charge in [0, 0.05) is 11.9 Å². The second-order valence-electron chi connectivity index (χ2n) is 3.12. The molecule has 0 saturated carbocycles. The lowest BCUT2D eigenvalue weighted by molar-refractivity contribution is -0.142. The second kappa shape index (κ2) is 5.51. The van der Waals surface area contributed by atoms with E-state index in [-0.39, 0.29) is 12.6 Å². The van der Waals surface area contributed by atoms with Gasteiger partial charge in [0.05, 0.1) is 12.7 Å². The molecule has 0 aliphatic carbocycles. The van der Waals surface area contributed by atoms with Gasteiger partial charge in [-0.25, -0.2) is 4.79 Å². The molecule has 0 aliphatic heterocycles. The highest BCUT2D eigenvalue weighted by molar-refractivity contribution is 6.31. The zero-order chi connectivity index (χ0) is 12.1. The number of hydrogen-bond acceptors (Lipinski definition) is 4. The van der Waals surface area contributed by atoms with Crippen molar-refractivity contribution in [1.29, 1.82) is 0 Å². The second-order valence-corrected chi connectivity index (χ2v) is 3.56. The van der Waals surface area contributed by atoms with Crippen LogP contribution in [0.5, 0.6) is 0 Å². The van der Waals surface area contributed by atoms with Crippen molar-refractivity contribution in [2.24, 2.45) is 0 Å². The van der Waals surface area contributed by atoms with Crippen LogP contribution in [0.2, 0.25) is 5.02 Å². The molecule has 0 bridgehead atoms. The highest BCUT2D eigenvalue weighted by Crippen LogP contribution is 2.16. The summed E-state index contributed by atoms with van der Waals surface area (Å²) in [6.45, 7) is 1.39. The Balaban J connectivity index is 2.89. The van der Waals surface area contributed by atoms with Crippen molar-refractivity contribution in [2.75, 3.05) is 7.11 Å². The number of esters is 2. The molecule has 4 nitrogen and oxygen atoms in total. The van der Waals surface area contributed by atoms with E-state index >= 15 is 0 Å². The number of rotatable bonds is 3. The van der Waals surface area contributed by atoms with Crippen LogP contribution in [0.3, 0.4) is 0 Å². The molecule has 0 fully saturated rings. The molecule has 5 heteroatoms. The maximum absolute atomic E-state index is 11.3. The lowest BCUT2D eigenvalue weighted by Crippen LogP contribution is -2.04. The van der Waals surface area contributed by atoms with Gasteiger partial charge in [-0.1, -0.05) is 11.6 Å². The van der Waals surface area contributed by atoms with Gasteiger partial charge in [-0.2, -0.15) is 0 Å². The van der Waals surface area contributed by atoms with Gasteiger partial charge in [0.1, 0.15) is 6.61 Å². The molecule has 0 spiro atoms. The zero-order valence-electron chi connectivity index (χ0n) is 8.95. The van der Waals surface area contributed by atoms with Crippen molar-refractivity contribution < 1.29 is 19.1 Å². The smallest absolute Gasteiger partial charge is 0.337 e. The maximum atomic E-state index is 11.3. The van der Waals surface area contributed by atoms with Gasteiger partial charge < -0.3 is 9.47 Å². The van der Waals surface area contributed by atoms with Crippen LogP contribution in [0.1, 0.15) is 22.8 Å². The molecule has 0 unspecified atom stereocenters. The molecular formula is C11H11ClO4. The van der Waals surface area contributed by atoms with Gasteiger partial charge in [0.15, 0.2) is 0 Å². The summed E-state index contributed by atoms with van der Waals surface area (Å²) in [5.41, 5.74) is 0.972. The molecule has 0 aliphatic rings. The molecular weight excluding hydrogens is 232 g/mol. The van der Waals surface area contributed by atoms with Crippen LogP contribution in [-0.2, 0) is 20.9 Å². The largest absolute Gasteiger partial charge is 0.465 e. The van der Waals surface area contributed by atoms with Gasteiger partial charge in [-0.3, -0.25) is 4.79 Å². The topological polar surface area (TPSA) is 52.6 Å². The third-order valence-corrected chi connectivity index (χ3v) is 2.04. The summed E-state index contributed by atoms with van der Waals surface area (Å²) in [6, 6.07) is 4.68.